The Bertz CT molecular complexity index is 678. The topological polar surface area (TPSA) is 79.6 Å². The molecule has 1 unspecified atom stereocenters. The van der Waals surface area contributed by atoms with Crippen molar-refractivity contribution in [2.24, 2.45) is 0 Å². The molecule has 19 heavy (non-hydrogen) atoms. The van der Waals surface area contributed by atoms with Gasteiger partial charge in [-0.2, -0.15) is 9.61 Å². The molecule has 98 valence electrons. The maximum atomic E-state index is 11.9. The Kier molecular flexibility index (Phi) is 2.48. The van der Waals surface area contributed by atoms with Crippen LogP contribution in [0.25, 0.3) is 5.65 Å². The molecule has 2 amide bonds. The molecule has 0 aromatic carbocycles. The van der Waals surface area contributed by atoms with Gasteiger partial charge in [0.05, 0.1) is 6.42 Å². The van der Waals surface area contributed by atoms with Gasteiger partial charge in [0.15, 0.2) is 5.65 Å². The molecule has 3 heterocycles. The van der Waals surface area contributed by atoms with Gasteiger partial charge in [0.25, 0.3) is 5.91 Å². The van der Waals surface area contributed by atoms with Crippen molar-refractivity contribution in [3.05, 3.63) is 24.0 Å². The molecule has 0 radical (unpaired) electrons. The number of rotatable bonds is 2. The average Bonchev–Trinajstić information content (AvgIpc) is 2.91. The second kappa shape index (κ2) is 4.04. The number of carbonyl (C=O) groups excluding carboxylic acids is 2. The van der Waals surface area contributed by atoms with Crippen LogP contribution in [0.4, 0.5) is 5.82 Å². The molecule has 2 aromatic heterocycles. The van der Waals surface area contributed by atoms with Crippen LogP contribution in [0.1, 0.15) is 12.0 Å². The number of nitrogens with one attached hydrogen (secondary N) is 1. The fraction of sp³-hybridized carbons (Fsp3) is 0.333. The summed E-state index contributed by atoms with van der Waals surface area (Å²) in [6.45, 7) is 1.94. The first-order valence-corrected chi connectivity index (χ1v) is 5.93. The number of hydrogen-bond acceptors (Lipinski definition) is 5. The Hall–Kier alpha value is -2.44. The number of anilines is 1. The van der Waals surface area contributed by atoms with Gasteiger partial charge < -0.3 is 5.32 Å². The largest absolute Gasteiger partial charge is 0.358 e. The molecule has 3 rings (SSSR count). The van der Waals surface area contributed by atoms with Crippen LogP contribution < -0.4 is 5.32 Å². The number of likely N-dealkylation sites (N-methyl/N-ethyl adjacent to an activating group) is 1. The maximum Gasteiger partial charge on any atom is 0.251 e. The summed E-state index contributed by atoms with van der Waals surface area (Å²) in [5.74, 6) is 0.263. The molecule has 7 nitrogen and oxygen atoms in total. The highest BCUT2D eigenvalue weighted by Crippen LogP contribution is 2.19. The maximum absolute atomic E-state index is 11.9. The third-order valence-electron chi connectivity index (χ3n) is 3.23. The van der Waals surface area contributed by atoms with Crippen molar-refractivity contribution in [2.75, 3.05) is 12.4 Å². The second-order valence-electron chi connectivity index (χ2n) is 4.64. The molecular formula is C12H13N5O2. The lowest BCUT2D eigenvalue weighted by molar-refractivity contribution is -0.136. The molecule has 1 aliphatic heterocycles. The Morgan fingerprint density at radius 3 is 2.84 bits per heavy atom. The van der Waals surface area contributed by atoms with E-state index in [9.17, 15) is 9.59 Å². The van der Waals surface area contributed by atoms with E-state index in [2.05, 4.69) is 15.4 Å². The number of fused-ring (bicyclic) bond motifs is 1. The van der Waals surface area contributed by atoms with Gasteiger partial charge in [-0.25, -0.2) is 4.98 Å². The minimum atomic E-state index is -0.535. The van der Waals surface area contributed by atoms with E-state index in [-0.39, 0.29) is 18.2 Å². The predicted octanol–water partition coefficient (Wildman–Crippen LogP) is 0.207. The Morgan fingerprint density at radius 2 is 2.16 bits per heavy atom. The summed E-state index contributed by atoms with van der Waals surface area (Å²) in [6.07, 6.45) is 1.62. The van der Waals surface area contributed by atoms with Gasteiger partial charge >= 0.3 is 0 Å². The van der Waals surface area contributed by atoms with Crippen LogP contribution in [0.2, 0.25) is 0 Å². The number of imide groups is 1. The third-order valence-corrected chi connectivity index (χ3v) is 3.23. The fourth-order valence-electron chi connectivity index (χ4n) is 2.21. The molecule has 1 fully saturated rings. The normalized spacial score (nSPS) is 19.5. The van der Waals surface area contributed by atoms with Crippen molar-refractivity contribution in [2.45, 2.75) is 19.4 Å². The number of aromatic nitrogens is 3. The molecule has 1 atom stereocenters. The van der Waals surface area contributed by atoms with Crippen molar-refractivity contribution >= 4 is 23.3 Å². The summed E-state index contributed by atoms with van der Waals surface area (Å²) in [6, 6.07) is 3.23. The first-order valence-electron chi connectivity index (χ1n) is 5.93. The third kappa shape index (κ3) is 1.83. The van der Waals surface area contributed by atoms with E-state index in [0.29, 0.717) is 11.5 Å². The predicted molar refractivity (Wildman–Crippen MR) is 67.5 cm³/mol. The van der Waals surface area contributed by atoms with Crippen molar-refractivity contribution in [3.8, 4) is 0 Å². The molecule has 7 heteroatoms. The van der Waals surface area contributed by atoms with E-state index >= 15 is 0 Å². The number of likely N-dealkylation sites (tertiary alicyclic amines) is 1. The first kappa shape index (κ1) is 11.6. The average molecular weight is 259 g/mol. The zero-order chi connectivity index (χ0) is 13.6. The number of carbonyl (C=O) groups is 2. The van der Waals surface area contributed by atoms with Crippen LogP contribution in [0, 0.1) is 6.92 Å². The molecule has 2 aromatic rings. The van der Waals surface area contributed by atoms with E-state index in [4.69, 9.17) is 0 Å². The van der Waals surface area contributed by atoms with Crippen molar-refractivity contribution in [1.29, 1.82) is 0 Å². The quantitative estimate of drug-likeness (QED) is 0.780. The van der Waals surface area contributed by atoms with E-state index in [1.807, 2.05) is 19.1 Å². The van der Waals surface area contributed by atoms with E-state index in [1.54, 1.807) is 4.52 Å². The Labute approximate surface area is 109 Å². The van der Waals surface area contributed by atoms with E-state index in [1.165, 1.54) is 13.4 Å². The van der Waals surface area contributed by atoms with Crippen LogP contribution in [0.5, 0.6) is 0 Å². The molecule has 0 saturated carbocycles. The SMILES string of the molecule is Cc1cc(NC2CC(=O)N(C)C2=O)n2ncnc2c1. The van der Waals surface area contributed by atoms with Gasteiger partial charge in [0, 0.05) is 7.05 Å². The van der Waals surface area contributed by atoms with E-state index in [0.717, 1.165) is 10.5 Å². The number of amides is 2. The molecule has 0 aliphatic carbocycles. The summed E-state index contributed by atoms with van der Waals surface area (Å²) in [5, 5.41) is 7.17. The molecule has 0 bridgehead atoms. The van der Waals surface area contributed by atoms with Crippen LogP contribution in [0.15, 0.2) is 18.5 Å². The van der Waals surface area contributed by atoms with Crippen LogP contribution in [-0.4, -0.2) is 44.4 Å². The minimum absolute atomic E-state index is 0.166. The smallest absolute Gasteiger partial charge is 0.251 e. The molecule has 1 saturated heterocycles. The van der Waals surface area contributed by atoms with E-state index < -0.39 is 6.04 Å². The highest BCUT2D eigenvalue weighted by Gasteiger charge is 2.36. The standard InChI is InChI=1S/C12H13N5O2/c1-7-3-9-13-6-14-17(9)10(4-7)15-8-5-11(18)16(2)12(8)19/h3-4,6,8,15H,5H2,1-2H3. The van der Waals surface area contributed by atoms with Gasteiger partial charge in [-0.05, 0) is 24.6 Å². The number of hydrogen-bond donors (Lipinski definition) is 1. The zero-order valence-electron chi connectivity index (χ0n) is 10.6. The molecule has 1 N–H and O–H groups in total. The Morgan fingerprint density at radius 1 is 1.37 bits per heavy atom. The van der Waals surface area contributed by atoms with Gasteiger partial charge in [-0.3, -0.25) is 14.5 Å². The Balaban J connectivity index is 1.96. The lowest BCUT2D eigenvalue weighted by Crippen LogP contribution is -2.32. The summed E-state index contributed by atoms with van der Waals surface area (Å²) < 4.78 is 1.61. The molecular weight excluding hydrogens is 246 g/mol. The summed E-state index contributed by atoms with van der Waals surface area (Å²) in [4.78, 5) is 28.6. The van der Waals surface area contributed by atoms with Gasteiger partial charge in [-0.15, -0.1) is 0 Å². The number of nitrogens with zero attached hydrogens (tertiary/aromatic N) is 4. The first-order chi connectivity index (χ1) is 9.06. The monoisotopic (exact) mass is 259 g/mol. The van der Waals surface area contributed by atoms with Crippen LogP contribution >= 0.6 is 0 Å². The lowest BCUT2D eigenvalue weighted by Gasteiger charge is -2.13. The lowest BCUT2D eigenvalue weighted by atomic mass is 10.2. The highest BCUT2D eigenvalue weighted by molar-refractivity contribution is 6.06. The zero-order valence-corrected chi connectivity index (χ0v) is 10.6. The summed E-state index contributed by atoms with van der Waals surface area (Å²) >= 11 is 0. The highest BCUT2D eigenvalue weighted by atomic mass is 16.2. The number of aryl methyl sites for hydroxylation is 1. The van der Waals surface area contributed by atoms with Crippen LogP contribution in [-0.2, 0) is 9.59 Å². The second-order valence-corrected chi connectivity index (χ2v) is 4.64. The van der Waals surface area contributed by atoms with Crippen LogP contribution in [0.3, 0.4) is 0 Å². The summed E-state index contributed by atoms with van der Waals surface area (Å²) in [7, 11) is 1.49. The van der Waals surface area contributed by atoms with Gasteiger partial charge in [0.2, 0.25) is 5.91 Å². The van der Waals surface area contributed by atoms with Gasteiger partial charge in [-0.1, -0.05) is 0 Å². The van der Waals surface area contributed by atoms with Crippen molar-refractivity contribution in [3.63, 3.8) is 0 Å². The van der Waals surface area contributed by atoms with Crippen molar-refractivity contribution < 1.29 is 9.59 Å². The van der Waals surface area contributed by atoms with Gasteiger partial charge in [0.1, 0.15) is 18.2 Å². The number of pyridine rings is 1. The minimum Gasteiger partial charge on any atom is -0.358 e. The summed E-state index contributed by atoms with van der Waals surface area (Å²) in [5.41, 5.74) is 1.71. The molecule has 0 spiro atoms. The fourth-order valence-corrected chi connectivity index (χ4v) is 2.21. The van der Waals surface area contributed by atoms with Crippen molar-refractivity contribution in [1.82, 2.24) is 19.5 Å². The molecule has 1 aliphatic rings.